The molecular weight excluding hydrogens is 206 g/mol. The van der Waals surface area contributed by atoms with E-state index in [9.17, 15) is 9.59 Å². The van der Waals surface area contributed by atoms with E-state index in [0.717, 1.165) is 12.8 Å². The van der Waals surface area contributed by atoms with Crippen LogP contribution in [0.2, 0.25) is 0 Å². The van der Waals surface area contributed by atoms with E-state index < -0.39 is 0 Å². The number of hydrogen-bond donors (Lipinski definition) is 1. The van der Waals surface area contributed by atoms with Gasteiger partial charge in [-0.15, -0.1) is 0 Å². The maximum Gasteiger partial charge on any atom is 0.330 e. The summed E-state index contributed by atoms with van der Waals surface area (Å²) in [6.45, 7) is 4.54. The van der Waals surface area contributed by atoms with Crippen molar-refractivity contribution < 1.29 is 0 Å². The molecule has 0 spiro atoms. The van der Waals surface area contributed by atoms with Gasteiger partial charge < -0.3 is 10.3 Å². The molecule has 90 valence electrons. The Morgan fingerprint density at radius 1 is 1.44 bits per heavy atom. The number of hydrogen-bond acceptors (Lipinski definition) is 3. The van der Waals surface area contributed by atoms with Crippen LogP contribution in [0.15, 0.2) is 15.8 Å². The summed E-state index contributed by atoms with van der Waals surface area (Å²) in [7, 11) is 1.60. The van der Waals surface area contributed by atoms with Crippen LogP contribution in [0.1, 0.15) is 26.7 Å². The average Bonchev–Trinajstić information content (AvgIpc) is 2.22. The fourth-order valence-electron chi connectivity index (χ4n) is 1.81. The Labute approximate surface area is 94.5 Å². The Hall–Kier alpha value is -1.52. The molecule has 0 bridgehead atoms. The van der Waals surface area contributed by atoms with Crippen LogP contribution in [-0.2, 0) is 13.6 Å². The summed E-state index contributed by atoms with van der Waals surface area (Å²) in [5.74, 6) is 0.303. The molecule has 0 fully saturated rings. The van der Waals surface area contributed by atoms with Crippen LogP contribution in [0.25, 0.3) is 0 Å². The molecule has 1 rings (SSSR count). The first-order valence-electron chi connectivity index (χ1n) is 5.53. The zero-order valence-corrected chi connectivity index (χ0v) is 10.1. The van der Waals surface area contributed by atoms with Gasteiger partial charge in [0, 0.05) is 19.8 Å². The summed E-state index contributed by atoms with van der Waals surface area (Å²) in [5, 5.41) is 0. The molecule has 1 heterocycles. The van der Waals surface area contributed by atoms with Gasteiger partial charge in [0.15, 0.2) is 0 Å². The summed E-state index contributed by atoms with van der Waals surface area (Å²) >= 11 is 0. The first-order valence-corrected chi connectivity index (χ1v) is 5.53. The van der Waals surface area contributed by atoms with Crippen LogP contribution in [-0.4, -0.2) is 9.13 Å². The minimum atomic E-state index is -0.383. The number of nitrogens with two attached hydrogens (primary N) is 1. The maximum atomic E-state index is 11.8. The van der Waals surface area contributed by atoms with Crippen LogP contribution >= 0.6 is 0 Å². The smallest absolute Gasteiger partial charge is 0.330 e. The van der Waals surface area contributed by atoms with Gasteiger partial charge in [-0.25, -0.2) is 4.79 Å². The molecule has 0 aliphatic heterocycles. The zero-order valence-electron chi connectivity index (χ0n) is 10.1. The minimum absolute atomic E-state index is 0.116. The van der Waals surface area contributed by atoms with E-state index in [1.807, 2.05) is 6.92 Å². The van der Waals surface area contributed by atoms with Crippen molar-refractivity contribution in [2.45, 2.75) is 33.2 Å². The quantitative estimate of drug-likeness (QED) is 0.814. The number of aromatic nitrogens is 2. The Morgan fingerprint density at radius 3 is 2.62 bits per heavy atom. The van der Waals surface area contributed by atoms with Gasteiger partial charge in [-0.2, -0.15) is 0 Å². The van der Waals surface area contributed by atoms with Crippen molar-refractivity contribution in [3.63, 3.8) is 0 Å². The molecule has 16 heavy (non-hydrogen) atoms. The fourth-order valence-corrected chi connectivity index (χ4v) is 1.81. The van der Waals surface area contributed by atoms with Gasteiger partial charge in [-0.05, 0) is 12.3 Å². The van der Waals surface area contributed by atoms with Gasteiger partial charge in [0.25, 0.3) is 5.56 Å². The third kappa shape index (κ3) is 2.53. The zero-order chi connectivity index (χ0) is 12.3. The van der Waals surface area contributed by atoms with E-state index in [1.54, 1.807) is 7.05 Å². The highest BCUT2D eigenvalue weighted by molar-refractivity contribution is 5.30. The van der Waals surface area contributed by atoms with Crippen LogP contribution < -0.4 is 17.0 Å². The second-order valence-corrected chi connectivity index (χ2v) is 4.29. The molecular formula is C11H19N3O2. The second kappa shape index (κ2) is 5.01. The number of nitrogen functional groups attached to an aromatic ring is 1. The molecule has 0 saturated heterocycles. The van der Waals surface area contributed by atoms with Crippen LogP contribution in [0, 0.1) is 5.92 Å². The normalized spacial score (nSPS) is 12.7. The molecule has 5 nitrogen and oxygen atoms in total. The Morgan fingerprint density at radius 2 is 2.06 bits per heavy atom. The number of aryl methyl sites for hydroxylation is 1. The highest BCUT2D eigenvalue weighted by atomic mass is 16.2. The topological polar surface area (TPSA) is 70.0 Å². The number of nitrogens with zero attached hydrogens (tertiary/aromatic N) is 2. The molecule has 0 saturated carbocycles. The SMILES string of the molecule is CCCC(C)Cn1c(=O)c(N)cn(C)c1=O. The Bertz CT molecular complexity index is 439. The van der Waals surface area contributed by atoms with Gasteiger partial charge in [0.2, 0.25) is 0 Å². The lowest BCUT2D eigenvalue weighted by molar-refractivity contribution is 0.421. The first-order chi connectivity index (χ1) is 7.47. The summed E-state index contributed by atoms with van der Waals surface area (Å²) in [6, 6.07) is 0. The van der Waals surface area contributed by atoms with Crippen molar-refractivity contribution >= 4 is 5.69 Å². The molecule has 0 radical (unpaired) electrons. The first kappa shape index (κ1) is 12.5. The molecule has 0 aliphatic carbocycles. The Kier molecular flexibility index (Phi) is 3.93. The molecule has 1 unspecified atom stereocenters. The van der Waals surface area contributed by atoms with E-state index in [0.29, 0.717) is 12.5 Å². The predicted octanol–water partition coefficient (Wildman–Crippen LogP) is 0.565. The summed E-state index contributed by atoms with van der Waals surface area (Å²) in [4.78, 5) is 23.5. The highest BCUT2D eigenvalue weighted by Gasteiger charge is 2.10. The van der Waals surface area contributed by atoms with Crippen LogP contribution in [0.4, 0.5) is 5.69 Å². The van der Waals surface area contributed by atoms with Gasteiger partial charge >= 0.3 is 5.69 Å². The van der Waals surface area contributed by atoms with Crippen molar-refractivity contribution in [3.8, 4) is 0 Å². The number of anilines is 1. The monoisotopic (exact) mass is 225 g/mol. The average molecular weight is 225 g/mol. The lowest BCUT2D eigenvalue weighted by atomic mass is 10.1. The van der Waals surface area contributed by atoms with E-state index in [-0.39, 0.29) is 16.9 Å². The fraction of sp³-hybridized carbons (Fsp3) is 0.636. The van der Waals surface area contributed by atoms with Crippen LogP contribution in [0.5, 0.6) is 0 Å². The van der Waals surface area contributed by atoms with Crippen LogP contribution in [0.3, 0.4) is 0 Å². The van der Waals surface area contributed by atoms with E-state index in [4.69, 9.17) is 5.73 Å². The standard InChI is InChI=1S/C11H19N3O2/c1-4-5-8(2)6-14-10(15)9(12)7-13(3)11(14)16/h7-8H,4-6,12H2,1-3H3. The molecule has 1 atom stereocenters. The van der Waals surface area contributed by atoms with Gasteiger partial charge in [0.05, 0.1) is 0 Å². The molecule has 1 aromatic heterocycles. The van der Waals surface area contributed by atoms with Gasteiger partial charge in [-0.3, -0.25) is 9.36 Å². The van der Waals surface area contributed by atoms with Crippen molar-refractivity contribution in [2.75, 3.05) is 5.73 Å². The molecule has 2 N–H and O–H groups in total. The third-order valence-electron chi connectivity index (χ3n) is 2.63. The molecule has 0 aliphatic rings. The minimum Gasteiger partial charge on any atom is -0.393 e. The number of rotatable bonds is 4. The van der Waals surface area contributed by atoms with Crippen molar-refractivity contribution in [2.24, 2.45) is 13.0 Å². The molecule has 0 amide bonds. The van der Waals surface area contributed by atoms with E-state index in [2.05, 4.69) is 6.92 Å². The third-order valence-corrected chi connectivity index (χ3v) is 2.63. The van der Waals surface area contributed by atoms with Crippen molar-refractivity contribution in [1.82, 2.24) is 9.13 Å². The highest BCUT2D eigenvalue weighted by Crippen LogP contribution is 2.05. The summed E-state index contributed by atoms with van der Waals surface area (Å²) in [5.41, 5.74) is 4.98. The van der Waals surface area contributed by atoms with Gasteiger partial charge in [0.1, 0.15) is 5.69 Å². The molecule has 5 heteroatoms. The summed E-state index contributed by atoms with van der Waals surface area (Å²) < 4.78 is 2.56. The van der Waals surface area contributed by atoms with E-state index >= 15 is 0 Å². The van der Waals surface area contributed by atoms with Gasteiger partial charge in [-0.1, -0.05) is 20.3 Å². The second-order valence-electron chi connectivity index (χ2n) is 4.29. The van der Waals surface area contributed by atoms with Crippen molar-refractivity contribution in [1.29, 1.82) is 0 Å². The molecule has 0 aromatic carbocycles. The summed E-state index contributed by atoms with van der Waals surface area (Å²) in [6.07, 6.45) is 3.40. The predicted molar refractivity (Wildman–Crippen MR) is 64.4 cm³/mol. The lowest BCUT2D eigenvalue weighted by Crippen LogP contribution is -2.40. The Balaban J connectivity index is 3.13. The van der Waals surface area contributed by atoms with Crippen molar-refractivity contribution in [3.05, 3.63) is 27.0 Å². The molecule has 1 aromatic rings. The largest absolute Gasteiger partial charge is 0.393 e. The van der Waals surface area contributed by atoms with E-state index in [1.165, 1.54) is 15.3 Å². The maximum absolute atomic E-state index is 11.8. The lowest BCUT2D eigenvalue weighted by Gasteiger charge is -2.13.